The number of hydrogen-bond acceptors (Lipinski definition) is 3. The van der Waals surface area contributed by atoms with Crippen LogP contribution in [-0.4, -0.2) is 24.6 Å². The van der Waals surface area contributed by atoms with E-state index in [0.717, 1.165) is 56.3 Å². The van der Waals surface area contributed by atoms with Crippen LogP contribution in [0, 0.1) is 0 Å². The van der Waals surface area contributed by atoms with Gasteiger partial charge in [-0.3, -0.25) is 4.90 Å². The van der Waals surface area contributed by atoms with Gasteiger partial charge < -0.3 is 9.47 Å². The van der Waals surface area contributed by atoms with Gasteiger partial charge in [0.2, 0.25) is 0 Å². The SMILES string of the molecule is C=C1Cc2cc(OCCCN(Cc3cccc(C(C)(F)F)c3Cl)CC(C3=CCCC=C3)c3ccccc3)ccc2CO1. The van der Waals surface area contributed by atoms with Crippen molar-refractivity contribution >= 4 is 11.6 Å². The summed E-state index contributed by atoms with van der Waals surface area (Å²) in [7, 11) is 0. The molecule has 220 valence electrons. The molecule has 1 unspecified atom stereocenters. The molecule has 3 aromatic carbocycles. The minimum absolute atomic E-state index is 0.136. The maximum atomic E-state index is 14.3. The number of hydrogen-bond donors (Lipinski definition) is 0. The fourth-order valence-corrected chi connectivity index (χ4v) is 6.03. The zero-order valence-electron chi connectivity index (χ0n) is 24.1. The van der Waals surface area contributed by atoms with E-state index in [1.165, 1.54) is 22.8 Å². The summed E-state index contributed by atoms with van der Waals surface area (Å²) in [5, 5.41) is 0.138. The molecular formula is C36H38ClF2NO2. The monoisotopic (exact) mass is 589 g/mol. The molecule has 1 aliphatic carbocycles. The fourth-order valence-electron chi connectivity index (χ4n) is 5.67. The Morgan fingerprint density at radius 2 is 1.88 bits per heavy atom. The summed E-state index contributed by atoms with van der Waals surface area (Å²) < 4.78 is 40.3. The van der Waals surface area contributed by atoms with Gasteiger partial charge in [-0.15, -0.1) is 0 Å². The van der Waals surface area contributed by atoms with Crippen molar-refractivity contribution in [3.05, 3.63) is 136 Å². The molecule has 0 bridgehead atoms. The highest BCUT2D eigenvalue weighted by Gasteiger charge is 2.29. The topological polar surface area (TPSA) is 21.7 Å². The van der Waals surface area contributed by atoms with E-state index in [-0.39, 0.29) is 16.5 Å². The van der Waals surface area contributed by atoms with Gasteiger partial charge in [0, 0.05) is 44.5 Å². The van der Waals surface area contributed by atoms with Gasteiger partial charge in [0.1, 0.15) is 12.4 Å². The van der Waals surface area contributed by atoms with Crippen LogP contribution in [0.3, 0.4) is 0 Å². The maximum absolute atomic E-state index is 14.3. The average Bonchev–Trinajstić information content (AvgIpc) is 2.99. The van der Waals surface area contributed by atoms with Crippen LogP contribution < -0.4 is 4.74 Å². The van der Waals surface area contributed by atoms with Crippen LogP contribution in [0.4, 0.5) is 8.78 Å². The third kappa shape index (κ3) is 7.70. The van der Waals surface area contributed by atoms with E-state index in [1.54, 1.807) is 6.07 Å². The number of alkyl halides is 2. The molecule has 5 rings (SSSR count). The largest absolute Gasteiger partial charge is 0.494 e. The Hall–Kier alpha value is -3.41. The molecule has 0 N–H and O–H groups in total. The third-order valence-corrected chi connectivity index (χ3v) is 8.35. The summed E-state index contributed by atoms with van der Waals surface area (Å²) in [5.41, 5.74) is 5.43. The van der Waals surface area contributed by atoms with Crippen molar-refractivity contribution in [2.75, 3.05) is 19.7 Å². The van der Waals surface area contributed by atoms with Crippen molar-refractivity contribution in [3.8, 4) is 5.75 Å². The highest BCUT2D eigenvalue weighted by Crippen LogP contribution is 2.36. The molecule has 0 fully saturated rings. The van der Waals surface area contributed by atoms with Crippen molar-refractivity contribution in [3.63, 3.8) is 0 Å². The number of benzene rings is 3. The lowest BCUT2D eigenvalue weighted by Crippen LogP contribution is -2.31. The fraction of sp³-hybridized carbons (Fsp3) is 0.333. The Kier molecular flexibility index (Phi) is 9.81. The lowest BCUT2D eigenvalue weighted by atomic mass is 9.87. The highest BCUT2D eigenvalue weighted by atomic mass is 35.5. The van der Waals surface area contributed by atoms with E-state index in [0.29, 0.717) is 31.7 Å². The zero-order valence-corrected chi connectivity index (χ0v) is 24.9. The Bertz CT molecular complexity index is 1440. The van der Waals surface area contributed by atoms with Gasteiger partial charge in [-0.25, -0.2) is 8.78 Å². The van der Waals surface area contributed by atoms with E-state index in [4.69, 9.17) is 21.1 Å². The average molecular weight is 590 g/mol. The highest BCUT2D eigenvalue weighted by molar-refractivity contribution is 6.32. The molecule has 0 radical (unpaired) electrons. The molecule has 1 atom stereocenters. The first-order valence-corrected chi connectivity index (χ1v) is 15.0. The Morgan fingerprint density at radius 3 is 2.64 bits per heavy atom. The van der Waals surface area contributed by atoms with E-state index in [9.17, 15) is 8.78 Å². The number of rotatable bonds is 12. The predicted octanol–water partition coefficient (Wildman–Crippen LogP) is 9.37. The lowest BCUT2D eigenvalue weighted by molar-refractivity contribution is 0.0174. The Morgan fingerprint density at radius 1 is 1.05 bits per heavy atom. The van der Waals surface area contributed by atoms with Crippen molar-refractivity contribution in [2.24, 2.45) is 0 Å². The molecular weight excluding hydrogens is 552 g/mol. The van der Waals surface area contributed by atoms with Crippen molar-refractivity contribution in [1.82, 2.24) is 4.90 Å². The van der Waals surface area contributed by atoms with Gasteiger partial charge in [0.25, 0.3) is 5.92 Å². The van der Waals surface area contributed by atoms with Crippen molar-refractivity contribution in [1.29, 1.82) is 0 Å². The zero-order chi connectivity index (χ0) is 29.5. The Balaban J connectivity index is 1.33. The molecule has 1 heterocycles. The summed E-state index contributed by atoms with van der Waals surface area (Å²) in [5.74, 6) is -1.26. The van der Waals surface area contributed by atoms with E-state index >= 15 is 0 Å². The summed E-state index contributed by atoms with van der Waals surface area (Å²) in [6.45, 7) is 7.83. The molecule has 3 nitrogen and oxygen atoms in total. The molecule has 0 saturated heterocycles. The number of halogens is 3. The number of fused-ring (bicyclic) bond motifs is 1. The normalized spacial score (nSPS) is 15.6. The summed E-state index contributed by atoms with van der Waals surface area (Å²) in [6.07, 6.45) is 10.3. The molecule has 3 aromatic rings. The number of allylic oxidation sites excluding steroid dienone is 4. The van der Waals surface area contributed by atoms with E-state index in [1.807, 2.05) is 18.2 Å². The van der Waals surface area contributed by atoms with Crippen molar-refractivity contribution in [2.45, 2.75) is 57.6 Å². The smallest absolute Gasteiger partial charge is 0.271 e. The minimum atomic E-state index is -3.01. The van der Waals surface area contributed by atoms with Gasteiger partial charge in [-0.05, 0) is 59.2 Å². The molecule has 0 aromatic heterocycles. The quantitative estimate of drug-likeness (QED) is 0.196. The van der Waals surface area contributed by atoms with Gasteiger partial charge in [-0.1, -0.05) is 91.0 Å². The van der Waals surface area contributed by atoms with Gasteiger partial charge in [0.05, 0.1) is 17.4 Å². The first-order chi connectivity index (χ1) is 20.3. The van der Waals surface area contributed by atoms with Crippen LogP contribution in [0.15, 0.2) is 103 Å². The first kappa shape index (κ1) is 30.1. The van der Waals surface area contributed by atoms with Crippen LogP contribution in [-0.2, 0) is 30.2 Å². The second kappa shape index (κ2) is 13.7. The van der Waals surface area contributed by atoms with Crippen LogP contribution in [0.5, 0.6) is 5.75 Å². The van der Waals surface area contributed by atoms with Crippen LogP contribution >= 0.6 is 11.6 Å². The lowest BCUT2D eigenvalue weighted by Gasteiger charge is -2.30. The Labute approximate surface area is 253 Å². The predicted molar refractivity (Wildman–Crippen MR) is 166 cm³/mol. The minimum Gasteiger partial charge on any atom is -0.494 e. The summed E-state index contributed by atoms with van der Waals surface area (Å²) in [4.78, 5) is 2.32. The van der Waals surface area contributed by atoms with Gasteiger partial charge in [-0.2, -0.15) is 0 Å². The second-order valence-corrected chi connectivity index (χ2v) is 11.6. The molecule has 6 heteroatoms. The molecule has 1 aliphatic heterocycles. The van der Waals surface area contributed by atoms with E-state index < -0.39 is 5.92 Å². The van der Waals surface area contributed by atoms with Crippen molar-refractivity contribution < 1.29 is 18.3 Å². The maximum Gasteiger partial charge on any atom is 0.271 e. The van der Waals surface area contributed by atoms with Crippen LogP contribution in [0.2, 0.25) is 5.02 Å². The van der Waals surface area contributed by atoms with Crippen LogP contribution in [0.1, 0.15) is 59.9 Å². The number of nitrogens with zero attached hydrogens (tertiary/aromatic N) is 1. The third-order valence-electron chi connectivity index (χ3n) is 7.90. The second-order valence-electron chi connectivity index (χ2n) is 11.2. The van der Waals surface area contributed by atoms with Gasteiger partial charge in [0.15, 0.2) is 0 Å². The van der Waals surface area contributed by atoms with Gasteiger partial charge >= 0.3 is 0 Å². The standard InChI is InChI=1S/C36H38ClF2NO2/c1-26-21-31-22-32(18-17-30(31)25-42-26)41-20-10-19-40(23-29-15-9-16-34(35(29)37)36(2,38)39)24-33(27-11-5-3-6-12-27)28-13-7-4-8-14-28/h3,5-7,9,11-18,22,33H,1,4,8,10,19-21,23-25H2,2H3. The summed E-state index contributed by atoms with van der Waals surface area (Å²) in [6, 6.07) is 21.5. The molecule has 0 spiro atoms. The number of ether oxygens (including phenoxy) is 2. The first-order valence-electron chi connectivity index (χ1n) is 14.6. The molecule has 42 heavy (non-hydrogen) atoms. The molecule has 2 aliphatic rings. The molecule has 0 amide bonds. The molecule has 0 saturated carbocycles. The van der Waals surface area contributed by atoms with Crippen LogP contribution in [0.25, 0.3) is 0 Å². The van der Waals surface area contributed by atoms with E-state index in [2.05, 4.69) is 66.1 Å². The summed E-state index contributed by atoms with van der Waals surface area (Å²) >= 11 is 6.58.